The molecule has 124 valence electrons. The Bertz CT molecular complexity index is 788. The summed E-state index contributed by atoms with van der Waals surface area (Å²) in [4.78, 5) is 35.5. The topological polar surface area (TPSA) is 72.5 Å². The minimum absolute atomic E-state index is 0.0970. The summed E-state index contributed by atoms with van der Waals surface area (Å²) in [6.07, 6.45) is -0.975. The van der Waals surface area contributed by atoms with Gasteiger partial charge < -0.3 is 10.1 Å². The molecule has 0 spiro atoms. The number of anilines is 1. The van der Waals surface area contributed by atoms with Crippen molar-refractivity contribution >= 4 is 39.3 Å². The zero-order valence-corrected chi connectivity index (χ0v) is 14.8. The third-order valence-electron chi connectivity index (χ3n) is 3.25. The van der Waals surface area contributed by atoms with Crippen molar-refractivity contribution in [1.82, 2.24) is 0 Å². The van der Waals surface area contributed by atoms with Crippen molar-refractivity contribution in [2.75, 3.05) is 5.32 Å². The molecule has 0 fully saturated rings. The molecule has 1 amide bonds. The van der Waals surface area contributed by atoms with Crippen molar-refractivity contribution in [1.29, 1.82) is 0 Å². The van der Waals surface area contributed by atoms with Crippen LogP contribution in [0.4, 0.5) is 5.69 Å². The van der Waals surface area contributed by atoms with Crippen LogP contribution < -0.4 is 5.32 Å². The number of esters is 1. The number of ether oxygens (including phenoxy) is 1. The number of halogens is 1. The fourth-order valence-corrected chi connectivity index (χ4v) is 2.36. The van der Waals surface area contributed by atoms with Gasteiger partial charge in [-0.15, -0.1) is 0 Å². The van der Waals surface area contributed by atoms with Gasteiger partial charge >= 0.3 is 5.97 Å². The lowest BCUT2D eigenvalue weighted by Gasteiger charge is -2.14. The summed E-state index contributed by atoms with van der Waals surface area (Å²) in [5.41, 5.74) is 1.31. The van der Waals surface area contributed by atoms with E-state index < -0.39 is 18.0 Å². The molecule has 0 aliphatic heterocycles. The smallest absolute Gasteiger partial charge is 0.338 e. The minimum Gasteiger partial charge on any atom is -0.449 e. The van der Waals surface area contributed by atoms with E-state index in [1.807, 2.05) is 0 Å². The quantitative estimate of drug-likeness (QED) is 0.622. The lowest BCUT2D eigenvalue weighted by molar-refractivity contribution is -0.123. The molecule has 0 radical (unpaired) electrons. The molecule has 1 N–H and O–H groups in total. The summed E-state index contributed by atoms with van der Waals surface area (Å²) in [5, 5.41) is 2.63. The van der Waals surface area contributed by atoms with Crippen molar-refractivity contribution in [3.05, 3.63) is 64.1 Å². The molecule has 2 rings (SSSR count). The number of hydrogen-bond acceptors (Lipinski definition) is 4. The van der Waals surface area contributed by atoms with Gasteiger partial charge in [0.1, 0.15) is 0 Å². The van der Waals surface area contributed by atoms with E-state index in [4.69, 9.17) is 4.74 Å². The third kappa shape index (κ3) is 4.76. The Labute approximate surface area is 148 Å². The second-order valence-corrected chi connectivity index (χ2v) is 6.10. The molecule has 2 aromatic carbocycles. The summed E-state index contributed by atoms with van der Waals surface area (Å²) in [5.74, 6) is -1.16. The predicted octanol–water partition coefficient (Wildman–Crippen LogP) is 3.84. The van der Waals surface area contributed by atoms with Crippen LogP contribution in [-0.2, 0) is 9.53 Å². The van der Waals surface area contributed by atoms with Crippen molar-refractivity contribution in [3.63, 3.8) is 0 Å². The Morgan fingerprint density at radius 2 is 1.71 bits per heavy atom. The predicted molar refractivity (Wildman–Crippen MR) is 94.1 cm³/mol. The van der Waals surface area contributed by atoms with Crippen LogP contribution in [0.1, 0.15) is 34.6 Å². The van der Waals surface area contributed by atoms with Gasteiger partial charge in [0.25, 0.3) is 5.91 Å². The van der Waals surface area contributed by atoms with Gasteiger partial charge in [-0.05, 0) is 44.2 Å². The first-order chi connectivity index (χ1) is 11.4. The highest BCUT2D eigenvalue weighted by Gasteiger charge is 2.19. The maximum Gasteiger partial charge on any atom is 0.338 e. The van der Waals surface area contributed by atoms with E-state index in [0.717, 1.165) is 4.47 Å². The fraction of sp³-hybridized carbons (Fsp3) is 0.167. The van der Waals surface area contributed by atoms with Crippen LogP contribution in [0.15, 0.2) is 53.0 Å². The monoisotopic (exact) mass is 389 g/mol. The van der Waals surface area contributed by atoms with E-state index in [0.29, 0.717) is 16.8 Å². The molecule has 5 nitrogen and oxygen atoms in total. The van der Waals surface area contributed by atoms with Crippen LogP contribution in [0.2, 0.25) is 0 Å². The van der Waals surface area contributed by atoms with Crippen LogP contribution in [0.3, 0.4) is 0 Å². The lowest BCUT2D eigenvalue weighted by atomic mass is 10.1. The number of benzene rings is 2. The Morgan fingerprint density at radius 3 is 2.38 bits per heavy atom. The van der Waals surface area contributed by atoms with Crippen molar-refractivity contribution in [2.24, 2.45) is 0 Å². The van der Waals surface area contributed by atoms with Gasteiger partial charge in [-0.25, -0.2) is 4.79 Å². The molecule has 0 aliphatic carbocycles. The number of ketones is 1. The Kier molecular flexibility index (Phi) is 5.87. The van der Waals surface area contributed by atoms with Crippen LogP contribution in [0.5, 0.6) is 0 Å². The first kappa shape index (κ1) is 17.9. The third-order valence-corrected chi connectivity index (χ3v) is 3.74. The number of rotatable bonds is 5. The first-order valence-corrected chi connectivity index (χ1v) is 8.04. The maximum atomic E-state index is 12.1. The summed E-state index contributed by atoms with van der Waals surface area (Å²) in [6, 6.07) is 13.3. The molecule has 0 saturated carbocycles. The normalized spacial score (nSPS) is 11.5. The van der Waals surface area contributed by atoms with E-state index in [-0.39, 0.29) is 5.78 Å². The number of nitrogens with one attached hydrogen (secondary N) is 1. The Balaban J connectivity index is 2.01. The number of amides is 1. The van der Waals surface area contributed by atoms with E-state index in [2.05, 4.69) is 21.2 Å². The molecule has 0 aromatic heterocycles. The van der Waals surface area contributed by atoms with Gasteiger partial charge in [0, 0.05) is 15.7 Å². The van der Waals surface area contributed by atoms with Crippen molar-refractivity contribution in [3.8, 4) is 0 Å². The Morgan fingerprint density at radius 1 is 1.04 bits per heavy atom. The van der Waals surface area contributed by atoms with Gasteiger partial charge in [-0.3, -0.25) is 9.59 Å². The number of Topliss-reactive ketones (excluding diaryl/α,β-unsaturated/α-hetero) is 1. The van der Waals surface area contributed by atoms with E-state index >= 15 is 0 Å². The van der Waals surface area contributed by atoms with Crippen LogP contribution in [0, 0.1) is 0 Å². The van der Waals surface area contributed by atoms with Crippen LogP contribution >= 0.6 is 15.9 Å². The summed E-state index contributed by atoms with van der Waals surface area (Å²) >= 11 is 3.27. The van der Waals surface area contributed by atoms with Gasteiger partial charge in [-0.2, -0.15) is 0 Å². The highest BCUT2D eigenvalue weighted by Crippen LogP contribution is 2.15. The molecule has 1 atom stereocenters. The molecule has 0 saturated heterocycles. The zero-order valence-electron chi connectivity index (χ0n) is 13.2. The second kappa shape index (κ2) is 7.88. The van der Waals surface area contributed by atoms with E-state index in [1.165, 1.54) is 13.8 Å². The van der Waals surface area contributed by atoms with E-state index in [9.17, 15) is 14.4 Å². The van der Waals surface area contributed by atoms with Crippen LogP contribution in [-0.4, -0.2) is 23.8 Å². The van der Waals surface area contributed by atoms with Gasteiger partial charge in [0.15, 0.2) is 11.9 Å². The maximum absolute atomic E-state index is 12.1. The van der Waals surface area contributed by atoms with Gasteiger partial charge in [-0.1, -0.05) is 34.1 Å². The van der Waals surface area contributed by atoms with Gasteiger partial charge in [0.05, 0.1) is 5.56 Å². The zero-order chi connectivity index (χ0) is 17.7. The summed E-state index contributed by atoms with van der Waals surface area (Å²) < 4.78 is 5.91. The SMILES string of the molecule is CC(=O)c1cccc(NC(=O)[C@H](C)OC(=O)c2cccc(Br)c2)c1. The van der Waals surface area contributed by atoms with Crippen molar-refractivity contribution < 1.29 is 19.1 Å². The molecule has 0 heterocycles. The molecule has 0 bridgehead atoms. The average Bonchev–Trinajstić information content (AvgIpc) is 2.54. The molecule has 6 heteroatoms. The first-order valence-electron chi connectivity index (χ1n) is 7.25. The molecule has 2 aromatic rings. The molecular formula is C18H16BrNO4. The molecular weight excluding hydrogens is 374 g/mol. The number of hydrogen-bond donors (Lipinski definition) is 1. The van der Waals surface area contributed by atoms with E-state index in [1.54, 1.807) is 48.5 Å². The highest BCUT2D eigenvalue weighted by atomic mass is 79.9. The molecule has 24 heavy (non-hydrogen) atoms. The van der Waals surface area contributed by atoms with Gasteiger partial charge in [0.2, 0.25) is 0 Å². The number of carbonyl (C=O) groups is 3. The number of carbonyl (C=O) groups excluding carboxylic acids is 3. The highest BCUT2D eigenvalue weighted by molar-refractivity contribution is 9.10. The lowest BCUT2D eigenvalue weighted by Crippen LogP contribution is -2.30. The molecule has 0 aliphatic rings. The Hall–Kier alpha value is -2.47. The summed E-state index contributed by atoms with van der Waals surface area (Å²) in [6.45, 7) is 2.93. The average molecular weight is 390 g/mol. The minimum atomic E-state index is -0.975. The van der Waals surface area contributed by atoms with Crippen LogP contribution in [0.25, 0.3) is 0 Å². The van der Waals surface area contributed by atoms with Crippen molar-refractivity contribution in [2.45, 2.75) is 20.0 Å². The molecule has 0 unspecified atom stereocenters. The largest absolute Gasteiger partial charge is 0.449 e. The summed E-state index contributed by atoms with van der Waals surface area (Å²) in [7, 11) is 0. The standard InChI is InChI=1S/C18H16BrNO4/c1-11(21)13-5-4-8-16(10-13)20-17(22)12(2)24-18(23)14-6-3-7-15(19)9-14/h3-10,12H,1-2H3,(H,20,22)/t12-/m0/s1. The second-order valence-electron chi connectivity index (χ2n) is 5.18. The fourth-order valence-electron chi connectivity index (χ4n) is 1.96.